The van der Waals surface area contributed by atoms with E-state index in [9.17, 15) is 4.79 Å². The molecule has 1 aromatic carbocycles. The van der Waals surface area contributed by atoms with E-state index in [4.69, 9.17) is 0 Å². The first-order valence-electron chi connectivity index (χ1n) is 8.56. The molecule has 130 valence electrons. The monoisotopic (exact) mass is 338 g/mol. The van der Waals surface area contributed by atoms with Gasteiger partial charge in [-0.15, -0.1) is 0 Å². The predicted molar refractivity (Wildman–Crippen MR) is 97.9 cm³/mol. The maximum Gasteiger partial charge on any atom is 0.221 e. The van der Waals surface area contributed by atoms with Crippen LogP contribution in [0, 0.1) is 13.8 Å². The topological polar surface area (TPSA) is 80.9 Å². The molecular formula is C18H22N6O. The number of nitrogens with one attached hydrogen (secondary N) is 2. The van der Waals surface area contributed by atoms with E-state index in [2.05, 4.69) is 36.0 Å². The maximum absolute atomic E-state index is 12.6. The zero-order valence-electron chi connectivity index (χ0n) is 14.5. The van der Waals surface area contributed by atoms with Gasteiger partial charge in [-0.05, 0) is 25.0 Å². The second kappa shape index (κ2) is 6.33. The number of aromatic amines is 2. The van der Waals surface area contributed by atoms with Gasteiger partial charge in [0.05, 0.1) is 5.52 Å². The standard InChI is InChI=1S/C18H22N6O/c1-12-3-4-13(2)17-16(12)15(25)9-14(21-17)10-23-5-7-24(8-6-23)18-19-11-20-22-18/h3-4,9,11H,5-8,10H2,1-2H3,(H,21,25)(H,19,20,22). The van der Waals surface area contributed by atoms with Gasteiger partial charge >= 0.3 is 0 Å². The van der Waals surface area contributed by atoms with E-state index < -0.39 is 0 Å². The summed E-state index contributed by atoms with van der Waals surface area (Å²) in [5.74, 6) is 0.824. The Morgan fingerprint density at radius 1 is 1.12 bits per heavy atom. The Balaban J connectivity index is 1.52. The first-order valence-corrected chi connectivity index (χ1v) is 8.56. The number of hydrogen-bond acceptors (Lipinski definition) is 5. The minimum atomic E-state index is 0.102. The molecule has 0 spiro atoms. The zero-order chi connectivity index (χ0) is 17.4. The molecule has 0 bridgehead atoms. The number of fused-ring (bicyclic) bond motifs is 1. The van der Waals surface area contributed by atoms with Crippen molar-refractivity contribution in [3.63, 3.8) is 0 Å². The van der Waals surface area contributed by atoms with E-state index in [1.54, 1.807) is 6.07 Å². The minimum absolute atomic E-state index is 0.102. The first kappa shape index (κ1) is 15.8. The average Bonchev–Trinajstić information content (AvgIpc) is 3.13. The van der Waals surface area contributed by atoms with Crippen molar-refractivity contribution in [1.29, 1.82) is 0 Å². The maximum atomic E-state index is 12.6. The summed E-state index contributed by atoms with van der Waals surface area (Å²) in [7, 11) is 0. The summed E-state index contributed by atoms with van der Waals surface area (Å²) in [6.07, 6.45) is 1.53. The molecule has 1 aliphatic heterocycles. The lowest BCUT2D eigenvalue weighted by atomic mass is 10.0. The molecule has 3 heterocycles. The molecule has 1 aliphatic rings. The van der Waals surface area contributed by atoms with Crippen LogP contribution in [0.5, 0.6) is 0 Å². The molecule has 2 N–H and O–H groups in total. The van der Waals surface area contributed by atoms with Crippen LogP contribution >= 0.6 is 0 Å². The minimum Gasteiger partial charge on any atom is -0.357 e. The Morgan fingerprint density at radius 2 is 1.88 bits per heavy atom. The van der Waals surface area contributed by atoms with Gasteiger partial charge in [0, 0.05) is 49.9 Å². The van der Waals surface area contributed by atoms with Crippen LogP contribution in [0.1, 0.15) is 16.8 Å². The van der Waals surface area contributed by atoms with Crippen molar-refractivity contribution in [2.75, 3.05) is 31.1 Å². The average molecular weight is 338 g/mol. The van der Waals surface area contributed by atoms with Gasteiger partial charge in [0.25, 0.3) is 0 Å². The van der Waals surface area contributed by atoms with E-state index in [0.29, 0.717) is 0 Å². The molecule has 2 aromatic heterocycles. The quantitative estimate of drug-likeness (QED) is 0.758. The Bertz CT molecular complexity index is 938. The summed E-state index contributed by atoms with van der Waals surface area (Å²) < 4.78 is 0. The van der Waals surface area contributed by atoms with Gasteiger partial charge in [0.2, 0.25) is 5.95 Å². The number of piperazine rings is 1. The van der Waals surface area contributed by atoms with E-state index in [-0.39, 0.29) is 5.43 Å². The number of aryl methyl sites for hydroxylation is 2. The third kappa shape index (κ3) is 3.02. The lowest BCUT2D eigenvalue weighted by Gasteiger charge is -2.34. The van der Waals surface area contributed by atoms with Gasteiger partial charge in [0.1, 0.15) is 6.33 Å². The zero-order valence-corrected chi connectivity index (χ0v) is 14.5. The molecule has 1 fully saturated rings. The highest BCUT2D eigenvalue weighted by Gasteiger charge is 2.19. The van der Waals surface area contributed by atoms with E-state index >= 15 is 0 Å². The molecule has 25 heavy (non-hydrogen) atoms. The Kier molecular flexibility index (Phi) is 4.01. The van der Waals surface area contributed by atoms with Gasteiger partial charge in [-0.1, -0.05) is 12.1 Å². The third-order valence-corrected chi connectivity index (χ3v) is 4.93. The van der Waals surface area contributed by atoms with Crippen LogP contribution in [-0.2, 0) is 6.54 Å². The van der Waals surface area contributed by atoms with E-state index in [1.807, 2.05) is 19.9 Å². The van der Waals surface area contributed by atoms with Crippen molar-refractivity contribution >= 4 is 16.9 Å². The summed E-state index contributed by atoms with van der Waals surface area (Å²) in [5.41, 5.74) is 4.16. The van der Waals surface area contributed by atoms with Crippen molar-refractivity contribution in [3.05, 3.63) is 51.6 Å². The molecule has 7 heteroatoms. The second-order valence-corrected chi connectivity index (χ2v) is 6.68. The highest BCUT2D eigenvalue weighted by molar-refractivity contribution is 5.84. The smallest absolute Gasteiger partial charge is 0.221 e. The molecule has 0 saturated carbocycles. The van der Waals surface area contributed by atoms with Gasteiger partial charge < -0.3 is 9.88 Å². The lowest BCUT2D eigenvalue weighted by molar-refractivity contribution is 0.246. The number of benzene rings is 1. The molecule has 3 aromatic rings. The normalized spacial score (nSPS) is 15.8. The second-order valence-electron chi connectivity index (χ2n) is 6.68. The van der Waals surface area contributed by atoms with Crippen LogP contribution in [0.15, 0.2) is 29.3 Å². The summed E-state index contributed by atoms with van der Waals surface area (Å²) in [5, 5.41) is 7.62. The first-order chi connectivity index (χ1) is 12.1. The molecule has 0 aliphatic carbocycles. The number of hydrogen-bond donors (Lipinski definition) is 2. The number of anilines is 1. The highest BCUT2D eigenvalue weighted by atomic mass is 16.1. The van der Waals surface area contributed by atoms with Gasteiger partial charge in [-0.25, -0.2) is 5.10 Å². The number of H-pyrrole nitrogens is 2. The van der Waals surface area contributed by atoms with Crippen molar-refractivity contribution < 1.29 is 0 Å². The number of pyridine rings is 1. The van der Waals surface area contributed by atoms with Gasteiger partial charge in [-0.3, -0.25) is 9.69 Å². The van der Waals surface area contributed by atoms with Crippen LogP contribution in [0.25, 0.3) is 10.9 Å². The molecule has 0 radical (unpaired) electrons. The van der Waals surface area contributed by atoms with Crippen LogP contribution in [-0.4, -0.2) is 51.2 Å². The number of nitrogens with zero attached hydrogens (tertiary/aromatic N) is 4. The van der Waals surface area contributed by atoms with Crippen molar-refractivity contribution in [2.45, 2.75) is 20.4 Å². The highest BCUT2D eigenvalue weighted by Crippen LogP contribution is 2.18. The Hall–Kier alpha value is -2.67. The fourth-order valence-electron chi connectivity index (χ4n) is 3.51. The molecule has 0 amide bonds. The molecule has 0 atom stereocenters. The van der Waals surface area contributed by atoms with Crippen molar-refractivity contribution in [2.24, 2.45) is 0 Å². The fourth-order valence-corrected chi connectivity index (χ4v) is 3.51. The third-order valence-electron chi connectivity index (χ3n) is 4.93. The molecular weight excluding hydrogens is 316 g/mol. The van der Waals surface area contributed by atoms with Gasteiger partial charge in [0.15, 0.2) is 5.43 Å². The van der Waals surface area contributed by atoms with Crippen molar-refractivity contribution in [3.8, 4) is 0 Å². The predicted octanol–water partition coefficient (Wildman–Crippen LogP) is 1.59. The lowest BCUT2D eigenvalue weighted by Crippen LogP contribution is -2.46. The molecule has 0 unspecified atom stereocenters. The summed E-state index contributed by atoms with van der Waals surface area (Å²) in [6.45, 7) is 8.41. The molecule has 4 rings (SSSR count). The van der Waals surface area contributed by atoms with Crippen LogP contribution < -0.4 is 10.3 Å². The molecule has 1 saturated heterocycles. The van der Waals surface area contributed by atoms with Gasteiger partial charge in [-0.2, -0.15) is 10.1 Å². The van der Waals surface area contributed by atoms with Crippen LogP contribution in [0.4, 0.5) is 5.95 Å². The SMILES string of the molecule is Cc1ccc(C)c2c(=O)cc(CN3CCN(c4ncn[nH]4)CC3)[nH]c12. The van der Waals surface area contributed by atoms with Crippen LogP contribution in [0.3, 0.4) is 0 Å². The Labute approximate surface area is 145 Å². The molecule has 7 nitrogen and oxygen atoms in total. The Morgan fingerprint density at radius 3 is 2.60 bits per heavy atom. The summed E-state index contributed by atoms with van der Waals surface area (Å²) in [6, 6.07) is 5.82. The van der Waals surface area contributed by atoms with Crippen LogP contribution in [0.2, 0.25) is 0 Å². The fraction of sp³-hybridized carbons (Fsp3) is 0.389. The van der Waals surface area contributed by atoms with E-state index in [1.165, 1.54) is 6.33 Å². The van der Waals surface area contributed by atoms with E-state index in [0.717, 1.165) is 66.4 Å². The number of rotatable bonds is 3. The number of aromatic nitrogens is 4. The van der Waals surface area contributed by atoms with Crippen molar-refractivity contribution in [1.82, 2.24) is 25.1 Å². The largest absolute Gasteiger partial charge is 0.357 e. The summed E-state index contributed by atoms with van der Waals surface area (Å²) >= 11 is 0. The summed E-state index contributed by atoms with van der Waals surface area (Å²) in [4.78, 5) is 24.8.